The number of alkyl halides is 1. The van der Waals surface area contributed by atoms with Gasteiger partial charge in [0, 0.05) is 10.4 Å². The molecule has 1 aliphatic carbocycles. The molecule has 1 fully saturated rings. The van der Waals surface area contributed by atoms with E-state index >= 15 is 0 Å². The summed E-state index contributed by atoms with van der Waals surface area (Å²) in [5.41, 5.74) is 1.19. The standard InChI is InChI=1S/C12H14BrClO/c13-7-12(15-8-9-1-2-9)10-3-5-11(14)6-4-10/h3-6,9,12H,1-2,7-8H2. The monoisotopic (exact) mass is 288 g/mol. The molecule has 0 aliphatic heterocycles. The van der Waals surface area contributed by atoms with Crippen molar-refractivity contribution in [1.82, 2.24) is 0 Å². The van der Waals surface area contributed by atoms with E-state index in [1.165, 1.54) is 18.4 Å². The van der Waals surface area contributed by atoms with E-state index in [2.05, 4.69) is 15.9 Å². The maximum Gasteiger partial charge on any atom is 0.0921 e. The van der Waals surface area contributed by atoms with E-state index < -0.39 is 0 Å². The van der Waals surface area contributed by atoms with E-state index in [-0.39, 0.29) is 6.10 Å². The Morgan fingerprint density at radius 1 is 1.33 bits per heavy atom. The Kier molecular flexibility index (Phi) is 4.06. The van der Waals surface area contributed by atoms with Gasteiger partial charge < -0.3 is 4.74 Å². The van der Waals surface area contributed by atoms with Crippen LogP contribution in [0.5, 0.6) is 0 Å². The first-order valence-electron chi connectivity index (χ1n) is 5.22. The molecule has 0 N–H and O–H groups in total. The van der Waals surface area contributed by atoms with Crippen molar-refractivity contribution in [2.75, 3.05) is 11.9 Å². The smallest absolute Gasteiger partial charge is 0.0921 e. The highest BCUT2D eigenvalue weighted by molar-refractivity contribution is 9.09. The molecular formula is C12H14BrClO. The minimum atomic E-state index is 0.155. The Hall–Kier alpha value is -0.0500. The van der Waals surface area contributed by atoms with Crippen LogP contribution in [0.2, 0.25) is 5.02 Å². The van der Waals surface area contributed by atoms with Crippen LogP contribution >= 0.6 is 27.5 Å². The van der Waals surface area contributed by atoms with Gasteiger partial charge in [-0.15, -0.1) is 0 Å². The summed E-state index contributed by atoms with van der Waals surface area (Å²) in [6.07, 6.45) is 2.81. The van der Waals surface area contributed by atoms with Crippen LogP contribution in [0, 0.1) is 5.92 Å². The molecule has 1 atom stereocenters. The van der Waals surface area contributed by atoms with Crippen molar-refractivity contribution in [1.29, 1.82) is 0 Å². The molecule has 3 heteroatoms. The van der Waals surface area contributed by atoms with Crippen LogP contribution < -0.4 is 0 Å². The van der Waals surface area contributed by atoms with Crippen molar-refractivity contribution >= 4 is 27.5 Å². The topological polar surface area (TPSA) is 9.23 Å². The second-order valence-electron chi connectivity index (χ2n) is 3.97. The molecule has 82 valence electrons. The maximum absolute atomic E-state index is 5.85. The highest BCUT2D eigenvalue weighted by Crippen LogP contribution is 2.31. The second-order valence-corrected chi connectivity index (χ2v) is 5.06. The van der Waals surface area contributed by atoms with Crippen LogP contribution in [-0.4, -0.2) is 11.9 Å². The number of ether oxygens (including phenoxy) is 1. The predicted molar refractivity (Wildman–Crippen MR) is 66.7 cm³/mol. The van der Waals surface area contributed by atoms with E-state index in [9.17, 15) is 0 Å². The van der Waals surface area contributed by atoms with Gasteiger partial charge >= 0.3 is 0 Å². The minimum absolute atomic E-state index is 0.155. The largest absolute Gasteiger partial charge is 0.372 e. The lowest BCUT2D eigenvalue weighted by atomic mass is 10.1. The Balaban J connectivity index is 1.94. The molecule has 0 amide bonds. The zero-order valence-electron chi connectivity index (χ0n) is 8.46. The van der Waals surface area contributed by atoms with Gasteiger partial charge in [0.05, 0.1) is 12.7 Å². The molecule has 0 aromatic heterocycles. The van der Waals surface area contributed by atoms with Crippen molar-refractivity contribution in [3.05, 3.63) is 34.9 Å². The first-order chi connectivity index (χ1) is 7.29. The Morgan fingerprint density at radius 3 is 2.53 bits per heavy atom. The summed E-state index contributed by atoms with van der Waals surface area (Å²) >= 11 is 9.33. The van der Waals surface area contributed by atoms with E-state index in [0.717, 1.165) is 22.9 Å². The molecule has 1 aromatic rings. The van der Waals surface area contributed by atoms with Crippen molar-refractivity contribution < 1.29 is 4.74 Å². The van der Waals surface area contributed by atoms with Crippen molar-refractivity contribution in [3.8, 4) is 0 Å². The van der Waals surface area contributed by atoms with Crippen LogP contribution in [0.15, 0.2) is 24.3 Å². The van der Waals surface area contributed by atoms with Gasteiger partial charge in [0.2, 0.25) is 0 Å². The van der Waals surface area contributed by atoms with Gasteiger partial charge in [-0.2, -0.15) is 0 Å². The normalized spacial score (nSPS) is 17.7. The lowest BCUT2D eigenvalue weighted by molar-refractivity contribution is 0.0619. The van der Waals surface area contributed by atoms with Crippen LogP contribution in [0.3, 0.4) is 0 Å². The first-order valence-corrected chi connectivity index (χ1v) is 6.72. The Bertz CT molecular complexity index is 308. The quantitative estimate of drug-likeness (QED) is 0.738. The average molecular weight is 290 g/mol. The third-order valence-corrected chi connectivity index (χ3v) is 3.45. The summed E-state index contributed by atoms with van der Waals surface area (Å²) in [7, 11) is 0. The van der Waals surface area contributed by atoms with Crippen molar-refractivity contribution in [2.24, 2.45) is 5.92 Å². The summed E-state index contributed by atoms with van der Waals surface area (Å²) in [6.45, 7) is 0.888. The van der Waals surface area contributed by atoms with Gasteiger partial charge in [0.25, 0.3) is 0 Å². The fourth-order valence-electron chi connectivity index (χ4n) is 1.44. The number of rotatable bonds is 5. The van der Waals surface area contributed by atoms with E-state index in [4.69, 9.17) is 16.3 Å². The molecule has 1 nitrogen and oxygen atoms in total. The third-order valence-electron chi connectivity index (χ3n) is 2.61. The summed E-state index contributed by atoms with van der Waals surface area (Å²) < 4.78 is 5.85. The molecule has 0 radical (unpaired) electrons. The zero-order valence-corrected chi connectivity index (χ0v) is 10.8. The molecule has 1 aliphatic rings. The number of hydrogen-bond acceptors (Lipinski definition) is 1. The molecular weight excluding hydrogens is 275 g/mol. The molecule has 0 spiro atoms. The number of benzene rings is 1. The van der Waals surface area contributed by atoms with Gasteiger partial charge in [-0.3, -0.25) is 0 Å². The van der Waals surface area contributed by atoms with Crippen molar-refractivity contribution in [2.45, 2.75) is 18.9 Å². The van der Waals surface area contributed by atoms with Gasteiger partial charge in [-0.25, -0.2) is 0 Å². The second kappa shape index (κ2) is 5.33. The van der Waals surface area contributed by atoms with Crippen LogP contribution in [0.4, 0.5) is 0 Å². The summed E-state index contributed by atoms with van der Waals surface area (Å²) in [6, 6.07) is 7.88. The van der Waals surface area contributed by atoms with E-state index in [1.54, 1.807) is 0 Å². The third kappa shape index (κ3) is 3.47. The SMILES string of the molecule is Clc1ccc(C(CBr)OCC2CC2)cc1. The van der Waals surface area contributed by atoms with Crippen LogP contribution in [-0.2, 0) is 4.74 Å². The van der Waals surface area contributed by atoms with Gasteiger partial charge in [-0.1, -0.05) is 39.7 Å². The average Bonchev–Trinajstić information content (AvgIpc) is 3.05. The summed E-state index contributed by atoms with van der Waals surface area (Å²) in [4.78, 5) is 0. The molecule has 15 heavy (non-hydrogen) atoms. The van der Waals surface area contributed by atoms with E-state index in [0.29, 0.717) is 0 Å². The van der Waals surface area contributed by atoms with Gasteiger partial charge in [-0.05, 0) is 36.5 Å². The summed E-state index contributed by atoms with van der Waals surface area (Å²) in [5.74, 6) is 0.804. The molecule has 2 rings (SSSR count). The molecule has 0 heterocycles. The summed E-state index contributed by atoms with van der Waals surface area (Å²) in [5, 5.41) is 1.61. The molecule has 0 bridgehead atoms. The van der Waals surface area contributed by atoms with Gasteiger partial charge in [0.15, 0.2) is 0 Å². The Morgan fingerprint density at radius 2 is 2.00 bits per heavy atom. The fourth-order valence-corrected chi connectivity index (χ4v) is 2.13. The minimum Gasteiger partial charge on any atom is -0.372 e. The Labute approximate surface area is 104 Å². The van der Waals surface area contributed by atoms with Crippen molar-refractivity contribution in [3.63, 3.8) is 0 Å². The fraction of sp³-hybridized carbons (Fsp3) is 0.500. The highest BCUT2D eigenvalue weighted by Gasteiger charge is 2.23. The number of halogens is 2. The zero-order chi connectivity index (χ0) is 10.7. The van der Waals surface area contributed by atoms with Gasteiger partial charge in [0.1, 0.15) is 0 Å². The van der Waals surface area contributed by atoms with E-state index in [1.807, 2.05) is 24.3 Å². The number of hydrogen-bond donors (Lipinski definition) is 0. The maximum atomic E-state index is 5.85. The highest BCUT2D eigenvalue weighted by atomic mass is 79.9. The molecule has 1 aromatic carbocycles. The predicted octanol–water partition coefficient (Wildman–Crippen LogP) is 4.20. The van der Waals surface area contributed by atoms with Crippen LogP contribution in [0.25, 0.3) is 0 Å². The lowest BCUT2D eigenvalue weighted by Crippen LogP contribution is -2.07. The lowest BCUT2D eigenvalue weighted by Gasteiger charge is -2.15. The molecule has 0 saturated heterocycles. The molecule has 1 saturated carbocycles. The molecule has 1 unspecified atom stereocenters. The van der Waals surface area contributed by atoms with Crippen LogP contribution in [0.1, 0.15) is 24.5 Å². The first kappa shape index (κ1) is 11.4.